The van der Waals surface area contributed by atoms with Crippen LogP contribution in [0.15, 0.2) is 18.2 Å². The van der Waals surface area contributed by atoms with Crippen molar-refractivity contribution in [2.24, 2.45) is 0 Å². The summed E-state index contributed by atoms with van der Waals surface area (Å²) >= 11 is 0. The minimum atomic E-state index is -0.162. The summed E-state index contributed by atoms with van der Waals surface area (Å²) in [5.41, 5.74) is 7.96. The number of aliphatic hydroxyl groups is 1. The molecule has 0 aliphatic carbocycles. The zero-order valence-electron chi connectivity index (χ0n) is 11.1. The molecule has 2 aromatic rings. The molecule has 0 radical (unpaired) electrons. The number of hydrogen-bond donors (Lipinski definition) is 2. The Hall–Kier alpha value is -2.08. The van der Waals surface area contributed by atoms with Crippen LogP contribution in [0.4, 0.5) is 5.69 Å². The maximum absolute atomic E-state index is 11.6. The summed E-state index contributed by atoms with van der Waals surface area (Å²) in [6.07, 6.45) is 0.371. The van der Waals surface area contributed by atoms with Crippen molar-refractivity contribution in [2.45, 2.75) is 19.6 Å². The van der Waals surface area contributed by atoms with E-state index in [4.69, 9.17) is 5.73 Å². The third kappa shape index (κ3) is 2.68. The molecule has 0 unspecified atom stereocenters. The van der Waals surface area contributed by atoms with Gasteiger partial charge in [0, 0.05) is 32.7 Å². The largest absolute Gasteiger partial charge is 0.399 e. The summed E-state index contributed by atoms with van der Waals surface area (Å²) in [6.45, 7) is 0.331. The van der Waals surface area contributed by atoms with Gasteiger partial charge in [0.2, 0.25) is 5.91 Å². The summed E-state index contributed by atoms with van der Waals surface area (Å²) in [7, 11) is 3.45. The van der Waals surface area contributed by atoms with Crippen LogP contribution in [-0.2, 0) is 17.9 Å². The number of rotatable bonds is 4. The lowest BCUT2D eigenvalue weighted by molar-refractivity contribution is -0.128. The SMILES string of the molecule is CN(C)C(=O)CCn1c(CO)nc2cc(N)ccc21. The zero-order chi connectivity index (χ0) is 14.0. The number of nitrogen functional groups attached to an aromatic ring is 1. The molecule has 3 N–H and O–H groups in total. The highest BCUT2D eigenvalue weighted by Gasteiger charge is 2.12. The van der Waals surface area contributed by atoms with E-state index in [9.17, 15) is 9.90 Å². The first-order valence-electron chi connectivity index (χ1n) is 6.08. The van der Waals surface area contributed by atoms with Crippen LogP contribution >= 0.6 is 0 Å². The van der Waals surface area contributed by atoms with E-state index in [1.165, 1.54) is 0 Å². The van der Waals surface area contributed by atoms with Crippen molar-refractivity contribution in [3.63, 3.8) is 0 Å². The molecule has 1 aromatic carbocycles. The van der Waals surface area contributed by atoms with Crippen LogP contribution in [0.1, 0.15) is 12.2 Å². The predicted octanol–water partition coefficient (Wildman–Crippen LogP) is 0.589. The number of aromatic nitrogens is 2. The van der Waals surface area contributed by atoms with Crippen LogP contribution in [0.5, 0.6) is 0 Å². The van der Waals surface area contributed by atoms with Crippen molar-refractivity contribution in [2.75, 3.05) is 19.8 Å². The Labute approximate surface area is 111 Å². The van der Waals surface area contributed by atoms with Crippen molar-refractivity contribution < 1.29 is 9.90 Å². The molecule has 6 nitrogen and oxygen atoms in total. The number of hydrogen-bond acceptors (Lipinski definition) is 4. The Morgan fingerprint density at radius 3 is 2.84 bits per heavy atom. The number of carbonyl (C=O) groups excluding carboxylic acids is 1. The van der Waals surface area contributed by atoms with Crippen molar-refractivity contribution in [3.05, 3.63) is 24.0 Å². The fraction of sp³-hybridized carbons (Fsp3) is 0.385. The Bertz CT molecular complexity index is 604. The monoisotopic (exact) mass is 262 g/mol. The molecule has 2 rings (SSSR count). The predicted molar refractivity (Wildman–Crippen MR) is 73.4 cm³/mol. The van der Waals surface area contributed by atoms with Crippen molar-refractivity contribution in [1.29, 1.82) is 0 Å². The van der Waals surface area contributed by atoms with E-state index in [0.29, 0.717) is 24.5 Å². The van der Waals surface area contributed by atoms with Gasteiger partial charge in [0.05, 0.1) is 11.0 Å². The Kier molecular flexibility index (Phi) is 3.71. The van der Waals surface area contributed by atoms with Crippen molar-refractivity contribution in [3.8, 4) is 0 Å². The van der Waals surface area contributed by atoms with Crippen LogP contribution in [0.2, 0.25) is 0 Å². The van der Waals surface area contributed by atoms with Gasteiger partial charge in [0.1, 0.15) is 12.4 Å². The lowest BCUT2D eigenvalue weighted by atomic mass is 10.2. The second-order valence-electron chi connectivity index (χ2n) is 4.62. The number of fused-ring (bicyclic) bond motifs is 1. The average Bonchev–Trinajstić information content (AvgIpc) is 2.72. The van der Waals surface area contributed by atoms with Gasteiger partial charge in [-0.25, -0.2) is 4.98 Å². The van der Waals surface area contributed by atoms with Gasteiger partial charge in [-0.1, -0.05) is 0 Å². The van der Waals surface area contributed by atoms with E-state index >= 15 is 0 Å². The minimum Gasteiger partial charge on any atom is -0.399 e. The second-order valence-corrected chi connectivity index (χ2v) is 4.62. The lowest BCUT2D eigenvalue weighted by Crippen LogP contribution is -2.23. The number of benzene rings is 1. The highest BCUT2D eigenvalue weighted by Crippen LogP contribution is 2.19. The molecule has 1 heterocycles. The van der Waals surface area contributed by atoms with Crippen molar-refractivity contribution >= 4 is 22.6 Å². The van der Waals surface area contributed by atoms with Gasteiger partial charge in [-0.05, 0) is 18.2 Å². The van der Waals surface area contributed by atoms with Gasteiger partial charge < -0.3 is 20.3 Å². The first-order chi connectivity index (χ1) is 9.02. The topological polar surface area (TPSA) is 84.4 Å². The van der Waals surface area contributed by atoms with E-state index < -0.39 is 0 Å². The fourth-order valence-corrected chi connectivity index (χ4v) is 2.00. The standard InChI is InChI=1S/C13H18N4O2/c1-16(2)13(19)5-6-17-11-4-3-9(14)7-10(11)15-12(17)8-18/h3-4,7,18H,5-6,8,14H2,1-2H3. The average molecular weight is 262 g/mol. The molecule has 1 aromatic heterocycles. The number of amides is 1. The molecule has 19 heavy (non-hydrogen) atoms. The van der Waals surface area contributed by atoms with Gasteiger partial charge in [0.15, 0.2) is 0 Å². The molecule has 0 bridgehead atoms. The number of nitrogens with zero attached hydrogens (tertiary/aromatic N) is 3. The quantitative estimate of drug-likeness (QED) is 0.790. The molecule has 0 aliphatic rings. The minimum absolute atomic E-state index is 0.0428. The van der Waals surface area contributed by atoms with Gasteiger partial charge in [-0.2, -0.15) is 0 Å². The van der Waals surface area contributed by atoms with Gasteiger partial charge in [-0.3, -0.25) is 4.79 Å². The molecular weight excluding hydrogens is 244 g/mol. The smallest absolute Gasteiger partial charge is 0.223 e. The highest BCUT2D eigenvalue weighted by atomic mass is 16.3. The van der Waals surface area contributed by atoms with Crippen LogP contribution < -0.4 is 5.73 Å². The number of carbonyl (C=O) groups is 1. The maximum Gasteiger partial charge on any atom is 0.223 e. The second kappa shape index (κ2) is 5.27. The van der Waals surface area contributed by atoms with Crippen LogP contribution in [-0.4, -0.2) is 39.6 Å². The number of aliphatic hydroxyl groups excluding tert-OH is 1. The van der Waals surface area contributed by atoms with E-state index in [-0.39, 0.29) is 12.5 Å². The number of anilines is 1. The normalized spacial score (nSPS) is 10.9. The van der Waals surface area contributed by atoms with E-state index in [0.717, 1.165) is 11.0 Å². The molecule has 0 aliphatic heterocycles. The van der Waals surface area contributed by atoms with Crippen LogP contribution in [0.3, 0.4) is 0 Å². The fourth-order valence-electron chi connectivity index (χ4n) is 2.00. The van der Waals surface area contributed by atoms with E-state index in [1.807, 2.05) is 10.6 Å². The molecule has 0 atom stereocenters. The summed E-state index contributed by atoms with van der Waals surface area (Å²) in [4.78, 5) is 17.5. The summed E-state index contributed by atoms with van der Waals surface area (Å²) in [5, 5.41) is 9.35. The van der Waals surface area contributed by atoms with E-state index in [1.54, 1.807) is 31.1 Å². The third-order valence-corrected chi connectivity index (χ3v) is 3.04. The Morgan fingerprint density at radius 1 is 1.47 bits per heavy atom. The van der Waals surface area contributed by atoms with Gasteiger partial charge in [-0.15, -0.1) is 0 Å². The maximum atomic E-state index is 11.6. The first kappa shape index (κ1) is 13.4. The lowest BCUT2D eigenvalue weighted by Gasteiger charge is -2.12. The Morgan fingerprint density at radius 2 is 2.21 bits per heavy atom. The molecule has 102 valence electrons. The highest BCUT2D eigenvalue weighted by molar-refractivity contribution is 5.80. The molecular formula is C13H18N4O2. The molecule has 0 fully saturated rings. The third-order valence-electron chi connectivity index (χ3n) is 3.04. The summed E-state index contributed by atoms with van der Waals surface area (Å²) in [6, 6.07) is 5.41. The summed E-state index contributed by atoms with van der Waals surface area (Å²) in [5.74, 6) is 0.591. The molecule has 1 amide bonds. The van der Waals surface area contributed by atoms with Crippen molar-refractivity contribution in [1.82, 2.24) is 14.5 Å². The number of aryl methyl sites for hydroxylation is 1. The molecule has 0 spiro atoms. The van der Waals surface area contributed by atoms with Gasteiger partial charge in [0.25, 0.3) is 0 Å². The summed E-state index contributed by atoms with van der Waals surface area (Å²) < 4.78 is 1.86. The zero-order valence-corrected chi connectivity index (χ0v) is 11.1. The Balaban J connectivity index is 2.33. The van der Waals surface area contributed by atoms with Gasteiger partial charge >= 0.3 is 0 Å². The number of imidazole rings is 1. The molecule has 6 heteroatoms. The van der Waals surface area contributed by atoms with Crippen LogP contribution in [0.25, 0.3) is 11.0 Å². The van der Waals surface area contributed by atoms with Crippen LogP contribution in [0, 0.1) is 0 Å². The van der Waals surface area contributed by atoms with E-state index in [2.05, 4.69) is 4.98 Å². The molecule has 0 saturated heterocycles. The first-order valence-corrected chi connectivity index (χ1v) is 6.08. The number of nitrogens with two attached hydrogens (primary N) is 1. The molecule has 0 saturated carbocycles.